The summed E-state index contributed by atoms with van der Waals surface area (Å²) in [5.74, 6) is -2.21. The molecule has 2 rings (SSSR count). The molecule has 0 bridgehead atoms. The van der Waals surface area contributed by atoms with Gasteiger partial charge in [0.2, 0.25) is 0 Å². The van der Waals surface area contributed by atoms with E-state index in [1.165, 1.54) is 0 Å². The van der Waals surface area contributed by atoms with Crippen LogP contribution in [0.1, 0.15) is 85.6 Å². The Morgan fingerprint density at radius 1 is 0.865 bits per heavy atom. The number of hydrogen-bond donors (Lipinski definition) is 0. The average Bonchev–Trinajstić information content (AvgIpc) is 2.85. The Morgan fingerprint density at radius 2 is 1.51 bits per heavy atom. The lowest BCUT2D eigenvalue weighted by Gasteiger charge is -2.33. The van der Waals surface area contributed by atoms with Crippen molar-refractivity contribution < 1.29 is 33.3 Å². The summed E-state index contributed by atoms with van der Waals surface area (Å²) >= 11 is 0. The zero-order valence-corrected chi connectivity index (χ0v) is 23.5. The summed E-state index contributed by atoms with van der Waals surface area (Å²) in [6.45, 7) is 12.0. The normalized spacial score (nSPS) is 13.5. The summed E-state index contributed by atoms with van der Waals surface area (Å²) in [4.78, 5) is 37.9. The molecule has 0 amide bonds. The monoisotopic (exact) mass is 514 g/mol. The summed E-state index contributed by atoms with van der Waals surface area (Å²) in [5, 5.41) is 1.96. The number of ether oxygens (including phenoxy) is 4. The van der Waals surface area contributed by atoms with Crippen molar-refractivity contribution >= 4 is 28.7 Å². The van der Waals surface area contributed by atoms with Crippen molar-refractivity contribution in [3.63, 3.8) is 0 Å². The Morgan fingerprint density at radius 3 is 2.16 bits per heavy atom. The number of methoxy groups -OCH3 is 1. The second-order valence-electron chi connectivity index (χ2n) is 10.7. The molecule has 7 nitrogen and oxygen atoms in total. The van der Waals surface area contributed by atoms with E-state index in [-0.39, 0.29) is 0 Å². The van der Waals surface area contributed by atoms with Crippen LogP contribution < -0.4 is 4.74 Å². The summed E-state index contributed by atoms with van der Waals surface area (Å²) in [7, 11) is 1.61. The van der Waals surface area contributed by atoms with Crippen molar-refractivity contribution in [2.45, 2.75) is 91.3 Å². The van der Waals surface area contributed by atoms with E-state index < -0.39 is 47.6 Å². The summed E-state index contributed by atoms with van der Waals surface area (Å²) in [6, 6.07) is 11.4. The van der Waals surface area contributed by atoms with Gasteiger partial charge in [0.1, 0.15) is 17.0 Å². The Labute approximate surface area is 220 Å². The van der Waals surface area contributed by atoms with Crippen molar-refractivity contribution in [1.29, 1.82) is 0 Å². The van der Waals surface area contributed by atoms with Crippen LogP contribution in [0.4, 0.5) is 0 Å². The van der Waals surface area contributed by atoms with Gasteiger partial charge < -0.3 is 18.9 Å². The molecule has 0 aliphatic carbocycles. The molecular formula is C30H42O7. The van der Waals surface area contributed by atoms with E-state index in [9.17, 15) is 14.4 Å². The Kier molecular flexibility index (Phi) is 10.5. The van der Waals surface area contributed by atoms with Crippen LogP contribution in [0.15, 0.2) is 36.4 Å². The maximum atomic E-state index is 12.8. The molecule has 2 aromatic rings. The lowest BCUT2D eigenvalue weighted by Crippen LogP contribution is -2.43. The summed E-state index contributed by atoms with van der Waals surface area (Å²) in [6.07, 6.45) is 3.90. The minimum absolute atomic E-state index is 0.432. The highest BCUT2D eigenvalue weighted by atomic mass is 16.6. The predicted octanol–water partition coefficient (Wildman–Crippen LogP) is 6.36. The number of carbonyl (C=O) groups excluding carboxylic acids is 3. The fourth-order valence-corrected chi connectivity index (χ4v) is 3.94. The first-order valence-corrected chi connectivity index (χ1v) is 13.0. The molecule has 0 saturated carbocycles. The van der Waals surface area contributed by atoms with Crippen molar-refractivity contribution in [1.82, 2.24) is 0 Å². The molecular weight excluding hydrogens is 472 g/mol. The summed E-state index contributed by atoms with van der Waals surface area (Å²) in [5.41, 5.74) is -0.957. The lowest BCUT2D eigenvalue weighted by molar-refractivity contribution is -0.182. The molecule has 2 atom stereocenters. The minimum Gasteiger partial charge on any atom is -0.497 e. The molecule has 37 heavy (non-hydrogen) atoms. The minimum atomic E-state index is -1.13. The molecule has 2 aromatic carbocycles. The van der Waals surface area contributed by atoms with E-state index in [1.807, 2.05) is 50.2 Å². The molecule has 0 N–H and O–H groups in total. The number of esters is 3. The van der Waals surface area contributed by atoms with Gasteiger partial charge in [-0.2, -0.15) is 0 Å². The van der Waals surface area contributed by atoms with Crippen LogP contribution in [-0.4, -0.2) is 42.8 Å². The van der Waals surface area contributed by atoms with Gasteiger partial charge in [-0.15, -0.1) is 0 Å². The van der Waals surface area contributed by atoms with Crippen LogP contribution in [0.25, 0.3) is 10.8 Å². The number of carbonyl (C=O) groups is 3. The van der Waals surface area contributed by atoms with Gasteiger partial charge in [0.25, 0.3) is 0 Å². The van der Waals surface area contributed by atoms with Gasteiger partial charge in [0, 0.05) is 0 Å². The molecule has 204 valence electrons. The largest absolute Gasteiger partial charge is 0.497 e. The first-order chi connectivity index (χ1) is 17.3. The lowest BCUT2D eigenvalue weighted by atomic mass is 9.92. The third kappa shape index (κ3) is 8.76. The predicted molar refractivity (Wildman–Crippen MR) is 144 cm³/mol. The fraction of sp³-hybridized carbons (Fsp3) is 0.567. The van der Waals surface area contributed by atoms with Crippen molar-refractivity contribution in [3.05, 3.63) is 42.0 Å². The fourth-order valence-electron chi connectivity index (χ4n) is 3.94. The van der Waals surface area contributed by atoms with Gasteiger partial charge in [-0.05, 0) is 82.9 Å². The van der Waals surface area contributed by atoms with Gasteiger partial charge in [0.05, 0.1) is 18.9 Å². The molecule has 0 aromatic heterocycles. The van der Waals surface area contributed by atoms with E-state index in [1.54, 1.807) is 34.8 Å². The average molecular weight is 515 g/mol. The van der Waals surface area contributed by atoms with Crippen LogP contribution in [0.2, 0.25) is 0 Å². The van der Waals surface area contributed by atoms with Crippen molar-refractivity contribution in [2.24, 2.45) is 5.92 Å². The zero-order valence-electron chi connectivity index (χ0n) is 23.5. The number of hydrogen-bond acceptors (Lipinski definition) is 7. The molecule has 0 radical (unpaired) electrons. The van der Waals surface area contributed by atoms with E-state index in [0.717, 1.165) is 47.8 Å². The van der Waals surface area contributed by atoms with Crippen LogP contribution in [-0.2, 0) is 28.6 Å². The highest BCUT2D eigenvalue weighted by Crippen LogP contribution is 2.28. The van der Waals surface area contributed by atoms with Gasteiger partial charge in [-0.1, -0.05) is 44.0 Å². The second-order valence-corrected chi connectivity index (χ2v) is 10.7. The maximum Gasteiger partial charge on any atom is 0.344 e. The highest BCUT2D eigenvalue weighted by Gasteiger charge is 2.38. The molecule has 0 heterocycles. The van der Waals surface area contributed by atoms with Crippen molar-refractivity contribution in [3.8, 4) is 5.75 Å². The van der Waals surface area contributed by atoms with Crippen LogP contribution in [0.3, 0.4) is 0 Å². The van der Waals surface area contributed by atoms with Crippen LogP contribution in [0.5, 0.6) is 5.75 Å². The molecule has 0 aliphatic rings. The van der Waals surface area contributed by atoms with Crippen LogP contribution >= 0.6 is 0 Å². The van der Waals surface area contributed by atoms with E-state index in [0.29, 0.717) is 0 Å². The molecule has 0 saturated heterocycles. The Bertz CT molecular complexity index is 1090. The first-order valence-electron chi connectivity index (χ1n) is 13.0. The van der Waals surface area contributed by atoms with E-state index in [4.69, 9.17) is 18.9 Å². The van der Waals surface area contributed by atoms with Crippen molar-refractivity contribution in [2.75, 3.05) is 13.7 Å². The number of unbranched alkanes of at least 4 members (excludes halogenated alkanes) is 2. The highest BCUT2D eigenvalue weighted by molar-refractivity contribution is 5.87. The molecule has 0 fully saturated rings. The SMILES string of the molecule is CCCCCC(C)(C)OC(=O)C(C)C(C)(C)OC(=O)COC(=O)C(C)c1ccc2cc(OC)ccc2c1. The number of fused-ring (bicyclic) bond motifs is 1. The third-order valence-corrected chi connectivity index (χ3v) is 6.79. The molecule has 7 heteroatoms. The van der Waals surface area contributed by atoms with E-state index >= 15 is 0 Å². The quantitative estimate of drug-likeness (QED) is 0.175. The molecule has 0 aliphatic heterocycles. The maximum absolute atomic E-state index is 12.8. The zero-order chi connectivity index (χ0) is 27.8. The Hall–Kier alpha value is -3.09. The smallest absolute Gasteiger partial charge is 0.344 e. The van der Waals surface area contributed by atoms with Gasteiger partial charge in [-0.3, -0.25) is 9.59 Å². The molecule has 0 spiro atoms. The first kappa shape index (κ1) is 30.1. The molecule has 2 unspecified atom stereocenters. The second kappa shape index (κ2) is 12.9. The third-order valence-electron chi connectivity index (χ3n) is 6.79. The standard InChI is InChI=1S/C30H42O7/c1-9-10-11-16-29(4,5)37-28(33)21(3)30(6,7)36-26(31)19-35-27(32)20(2)22-12-13-24-18-25(34-8)15-14-23(24)17-22/h12-15,17-18,20-21H,9-11,16,19H2,1-8H3. The topological polar surface area (TPSA) is 88.1 Å². The van der Waals surface area contributed by atoms with Gasteiger partial charge >= 0.3 is 17.9 Å². The number of rotatable bonds is 13. The number of benzene rings is 2. The summed E-state index contributed by atoms with van der Waals surface area (Å²) < 4.78 is 21.7. The Balaban J connectivity index is 1.91. The van der Waals surface area contributed by atoms with Crippen LogP contribution in [0, 0.1) is 5.92 Å². The van der Waals surface area contributed by atoms with Gasteiger partial charge in [0.15, 0.2) is 6.61 Å². The van der Waals surface area contributed by atoms with E-state index in [2.05, 4.69) is 6.92 Å². The van der Waals surface area contributed by atoms with Gasteiger partial charge in [-0.25, -0.2) is 4.79 Å².